The number of benzene rings is 2. The summed E-state index contributed by atoms with van der Waals surface area (Å²) in [7, 11) is 2.24. The van der Waals surface area contributed by atoms with Gasteiger partial charge in [-0.3, -0.25) is 14.8 Å². The number of nitrogens with zero attached hydrogens (tertiary/aromatic N) is 2. The summed E-state index contributed by atoms with van der Waals surface area (Å²) in [6, 6.07) is 15.6. The number of ether oxygens (including phenoxy) is 2. The molecule has 2 aromatic carbocycles. The van der Waals surface area contributed by atoms with E-state index in [2.05, 4.69) is 51.7 Å². The predicted molar refractivity (Wildman–Crippen MR) is 154 cm³/mol. The fourth-order valence-electron chi connectivity index (χ4n) is 8.50. The lowest BCUT2D eigenvalue weighted by atomic mass is 9.66. The maximum Gasteiger partial charge on any atom is 0.251 e. The van der Waals surface area contributed by atoms with Gasteiger partial charge in [0, 0.05) is 47.0 Å². The third kappa shape index (κ3) is 3.92. The van der Waals surface area contributed by atoms with Gasteiger partial charge in [0.1, 0.15) is 11.9 Å². The van der Waals surface area contributed by atoms with E-state index < -0.39 is 0 Å². The van der Waals surface area contributed by atoms with Crippen molar-refractivity contribution in [1.82, 2.24) is 20.4 Å². The van der Waals surface area contributed by atoms with E-state index in [9.17, 15) is 4.79 Å². The molecule has 2 N–H and O–H groups in total. The van der Waals surface area contributed by atoms with Gasteiger partial charge in [0.15, 0.2) is 0 Å². The number of amides is 1. The van der Waals surface area contributed by atoms with E-state index in [0.29, 0.717) is 29.7 Å². The second-order valence-corrected chi connectivity index (χ2v) is 13.2. The molecule has 4 aliphatic carbocycles. The number of hydrogen-bond acceptors (Lipinski definition) is 5. The third-order valence-electron chi connectivity index (χ3n) is 10.9. The molecule has 7 heteroatoms. The SMILES string of the molecule is CN1C2CC(Oc3ccc(-c4n[nH]c5ccc(C(=O)NCC6(OC7CCCC7)CCCCC6)cc45)cc3)C23CC13. The van der Waals surface area contributed by atoms with Crippen molar-refractivity contribution in [1.29, 1.82) is 0 Å². The molecule has 0 bridgehead atoms. The molecule has 8 rings (SSSR count). The second-order valence-electron chi connectivity index (χ2n) is 13.2. The summed E-state index contributed by atoms with van der Waals surface area (Å²) in [5, 5.41) is 11.9. The van der Waals surface area contributed by atoms with E-state index in [-0.39, 0.29) is 11.5 Å². The smallest absolute Gasteiger partial charge is 0.251 e. The molecular weight excluding hydrogens is 500 g/mol. The summed E-state index contributed by atoms with van der Waals surface area (Å²) >= 11 is 0. The quantitative estimate of drug-likeness (QED) is 0.375. The van der Waals surface area contributed by atoms with Crippen molar-refractivity contribution in [3.63, 3.8) is 0 Å². The number of aromatic amines is 1. The van der Waals surface area contributed by atoms with Gasteiger partial charge in [-0.05, 0) is 81.6 Å². The summed E-state index contributed by atoms with van der Waals surface area (Å²) in [5.41, 5.74) is 3.68. The monoisotopic (exact) mass is 540 g/mol. The Bertz CT molecular complexity index is 1420. The van der Waals surface area contributed by atoms with Crippen LogP contribution in [0.3, 0.4) is 0 Å². The summed E-state index contributed by atoms with van der Waals surface area (Å²) in [6.45, 7) is 0.583. The van der Waals surface area contributed by atoms with Gasteiger partial charge in [-0.2, -0.15) is 5.10 Å². The fourth-order valence-corrected chi connectivity index (χ4v) is 8.50. The lowest BCUT2D eigenvalue weighted by molar-refractivity contribution is -0.136. The number of hydrogen-bond donors (Lipinski definition) is 2. The maximum absolute atomic E-state index is 13.3. The largest absolute Gasteiger partial charge is 0.490 e. The van der Waals surface area contributed by atoms with E-state index in [1.165, 1.54) is 38.5 Å². The van der Waals surface area contributed by atoms with Gasteiger partial charge in [-0.15, -0.1) is 0 Å². The van der Waals surface area contributed by atoms with Crippen LogP contribution in [-0.4, -0.2) is 64.5 Å². The van der Waals surface area contributed by atoms with E-state index in [1.807, 2.05) is 18.2 Å². The molecule has 7 nitrogen and oxygen atoms in total. The van der Waals surface area contributed by atoms with Crippen LogP contribution in [0.15, 0.2) is 42.5 Å². The third-order valence-corrected chi connectivity index (χ3v) is 10.9. The van der Waals surface area contributed by atoms with E-state index in [1.54, 1.807) is 0 Å². The van der Waals surface area contributed by atoms with Crippen molar-refractivity contribution in [3.8, 4) is 17.0 Å². The molecule has 1 amide bonds. The van der Waals surface area contributed by atoms with Crippen LogP contribution in [0, 0.1) is 5.41 Å². The Morgan fingerprint density at radius 3 is 2.60 bits per heavy atom. The molecule has 3 aromatic rings. The van der Waals surface area contributed by atoms with Crippen LogP contribution in [-0.2, 0) is 4.74 Å². The molecule has 4 atom stereocenters. The molecule has 2 heterocycles. The highest BCUT2D eigenvalue weighted by molar-refractivity contribution is 6.01. The average Bonchev–Trinajstić information content (AvgIpc) is 3.25. The molecule has 4 saturated carbocycles. The number of aromatic nitrogens is 2. The Kier molecular flexibility index (Phi) is 5.79. The minimum absolute atomic E-state index is 0.0454. The molecule has 1 spiro atoms. The minimum Gasteiger partial charge on any atom is -0.490 e. The van der Waals surface area contributed by atoms with E-state index in [4.69, 9.17) is 9.47 Å². The van der Waals surface area contributed by atoms with Gasteiger partial charge in [-0.25, -0.2) is 0 Å². The highest BCUT2D eigenvalue weighted by Crippen LogP contribution is 2.73. The Hall–Kier alpha value is -2.90. The normalized spacial score (nSPS) is 30.7. The van der Waals surface area contributed by atoms with E-state index >= 15 is 0 Å². The number of piperidine rings is 1. The first-order valence-corrected chi connectivity index (χ1v) is 15.5. The maximum atomic E-state index is 13.3. The lowest BCUT2D eigenvalue weighted by Crippen LogP contribution is -2.69. The van der Waals surface area contributed by atoms with Crippen molar-refractivity contribution in [3.05, 3.63) is 48.0 Å². The number of H-pyrrole nitrogens is 1. The van der Waals surface area contributed by atoms with Gasteiger partial charge in [0.2, 0.25) is 0 Å². The zero-order valence-electron chi connectivity index (χ0n) is 23.5. The number of likely N-dealkylation sites (tertiary alicyclic amines) is 1. The van der Waals surface area contributed by atoms with Gasteiger partial charge < -0.3 is 14.8 Å². The van der Waals surface area contributed by atoms with Gasteiger partial charge >= 0.3 is 0 Å². The average molecular weight is 541 g/mol. The molecule has 40 heavy (non-hydrogen) atoms. The molecule has 4 unspecified atom stereocenters. The summed E-state index contributed by atoms with van der Waals surface area (Å²) in [4.78, 5) is 15.9. The molecular formula is C33H40N4O3. The van der Waals surface area contributed by atoms with Crippen molar-refractivity contribution >= 4 is 16.8 Å². The van der Waals surface area contributed by atoms with Crippen molar-refractivity contribution < 1.29 is 14.3 Å². The Morgan fingerprint density at radius 2 is 1.85 bits per heavy atom. The van der Waals surface area contributed by atoms with Crippen LogP contribution in [0.25, 0.3) is 22.2 Å². The highest BCUT2D eigenvalue weighted by atomic mass is 16.5. The van der Waals surface area contributed by atoms with Gasteiger partial charge in [-0.1, -0.05) is 32.1 Å². The first kappa shape index (κ1) is 24.9. The Balaban J connectivity index is 0.957. The molecule has 1 aliphatic heterocycles. The summed E-state index contributed by atoms with van der Waals surface area (Å²) in [5.74, 6) is 0.883. The predicted octanol–water partition coefficient (Wildman–Crippen LogP) is 5.85. The first-order chi connectivity index (χ1) is 19.5. The van der Waals surface area contributed by atoms with Crippen LogP contribution in [0.2, 0.25) is 0 Å². The Labute approximate surface area is 236 Å². The zero-order valence-corrected chi connectivity index (χ0v) is 23.5. The molecule has 5 fully saturated rings. The molecule has 5 aliphatic rings. The van der Waals surface area contributed by atoms with Gasteiger partial charge in [0.25, 0.3) is 5.91 Å². The molecule has 0 radical (unpaired) electrons. The molecule has 1 saturated heterocycles. The van der Waals surface area contributed by atoms with E-state index in [0.717, 1.165) is 72.1 Å². The number of rotatable bonds is 8. The zero-order chi connectivity index (χ0) is 26.9. The lowest BCUT2D eigenvalue weighted by Gasteiger charge is -2.58. The number of fused-ring (bicyclic) bond motifs is 1. The van der Waals surface area contributed by atoms with Crippen molar-refractivity contribution in [2.45, 2.75) is 101 Å². The van der Waals surface area contributed by atoms with Crippen LogP contribution >= 0.6 is 0 Å². The standard InChI is InChI=1S/C33H40N4O3/c1-37-27-18-29(33(27)19-28(33)37)39-23-12-9-21(10-13-23)30-25-17-22(11-14-26(25)35-36-30)31(38)34-20-32(15-5-2-6-16-32)40-24-7-3-4-8-24/h9-14,17,24,27-29H,2-8,15-16,18-20H2,1H3,(H,34,38)(H,35,36). The Morgan fingerprint density at radius 1 is 1.05 bits per heavy atom. The highest BCUT2D eigenvalue weighted by Gasteiger charge is 2.81. The second kappa shape index (κ2) is 9.31. The minimum atomic E-state index is -0.216. The number of carbonyl (C=O) groups excluding carboxylic acids is 1. The topological polar surface area (TPSA) is 79.5 Å². The summed E-state index contributed by atoms with van der Waals surface area (Å²) in [6.07, 6.45) is 13.7. The van der Waals surface area contributed by atoms with Crippen molar-refractivity contribution in [2.24, 2.45) is 5.41 Å². The number of nitrogens with one attached hydrogen (secondary N) is 2. The van der Waals surface area contributed by atoms with Gasteiger partial charge in [0.05, 0.1) is 22.9 Å². The van der Waals surface area contributed by atoms with Crippen LogP contribution < -0.4 is 10.1 Å². The van der Waals surface area contributed by atoms with Crippen LogP contribution in [0.5, 0.6) is 5.75 Å². The first-order valence-electron chi connectivity index (χ1n) is 15.5. The van der Waals surface area contributed by atoms with Crippen molar-refractivity contribution in [2.75, 3.05) is 13.6 Å². The molecule has 1 aromatic heterocycles. The van der Waals surface area contributed by atoms with Crippen LogP contribution in [0.4, 0.5) is 0 Å². The summed E-state index contributed by atoms with van der Waals surface area (Å²) < 4.78 is 13.1. The van der Waals surface area contributed by atoms with Crippen LogP contribution in [0.1, 0.15) is 81.0 Å². The fraction of sp³-hybridized carbons (Fsp3) is 0.576. The number of carbonyl (C=O) groups is 1. The molecule has 210 valence electrons.